The van der Waals surface area contributed by atoms with Crippen LogP contribution in [-0.4, -0.2) is 36.6 Å². The molecule has 1 unspecified atom stereocenters. The number of rotatable bonds is 4. The molecule has 0 aromatic rings. The van der Waals surface area contributed by atoms with Crippen molar-refractivity contribution in [1.82, 2.24) is 10.2 Å². The van der Waals surface area contributed by atoms with Gasteiger partial charge in [0.25, 0.3) is 0 Å². The third-order valence-electron chi connectivity index (χ3n) is 3.30. The second-order valence-electron chi connectivity index (χ2n) is 4.07. The molecule has 0 amide bonds. The monoisotopic (exact) mass is 184 g/mol. The topological polar surface area (TPSA) is 15.3 Å². The quantitative estimate of drug-likeness (QED) is 0.717. The molecule has 0 aliphatic carbocycles. The normalized spacial score (nSPS) is 22.2. The maximum absolute atomic E-state index is 3.42. The summed E-state index contributed by atoms with van der Waals surface area (Å²) < 4.78 is 0. The molecule has 1 aliphatic rings. The summed E-state index contributed by atoms with van der Waals surface area (Å²) >= 11 is 0. The number of hydrogen-bond acceptors (Lipinski definition) is 2. The van der Waals surface area contributed by atoms with Gasteiger partial charge in [0.05, 0.1) is 0 Å². The third kappa shape index (κ3) is 2.96. The molecule has 0 spiro atoms. The van der Waals surface area contributed by atoms with Gasteiger partial charge in [-0.2, -0.15) is 0 Å². The van der Waals surface area contributed by atoms with Crippen LogP contribution in [0.25, 0.3) is 0 Å². The number of piperidine rings is 1. The molecule has 1 aliphatic heterocycles. The molecule has 13 heavy (non-hydrogen) atoms. The van der Waals surface area contributed by atoms with Gasteiger partial charge in [-0.1, -0.05) is 13.8 Å². The Morgan fingerprint density at radius 3 is 2.38 bits per heavy atom. The van der Waals surface area contributed by atoms with Crippen molar-refractivity contribution >= 4 is 0 Å². The summed E-state index contributed by atoms with van der Waals surface area (Å²) in [5.41, 5.74) is 0. The minimum Gasteiger partial charge on any atom is -0.317 e. The van der Waals surface area contributed by atoms with Crippen LogP contribution in [0.3, 0.4) is 0 Å². The molecule has 78 valence electrons. The van der Waals surface area contributed by atoms with Crippen LogP contribution in [0, 0.1) is 0 Å². The summed E-state index contributed by atoms with van der Waals surface area (Å²) in [7, 11) is 0. The maximum Gasteiger partial charge on any atom is 0.0122 e. The lowest BCUT2D eigenvalue weighted by Crippen LogP contribution is -2.46. The molecule has 0 radical (unpaired) electrons. The van der Waals surface area contributed by atoms with Crippen molar-refractivity contribution in [3.63, 3.8) is 0 Å². The molecule has 0 aromatic carbocycles. The van der Waals surface area contributed by atoms with E-state index in [1.165, 1.54) is 38.9 Å². The van der Waals surface area contributed by atoms with E-state index in [1.807, 2.05) is 0 Å². The van der Waals surface area contributed by atoms with Crippen LogP contribution in [0.2, 0.25) is 0 Å². The Morgan fingerprint density at radius 2 is 1.92 bits per heavy atom. The van der Waals surface area contributed by atoms with Gasteiger partial charge in [0, 0.05) is 12.1 Å². The van der Waals surface area contributed by atoms with E-state index < -0.39 is 0 Å². The molecular formula is C11H24N2. The Labute approximate surface area is 82.7 Å². The molecule has 2 nitrogen and oxygen atoms in total. The molecule has 1 atom stereocenters. The molecule has 0 saturated carbocycles. The van der Waals surface area contributed by atoms with E-state index in [4.69, 9.17) is 0 Å². The van der Waals surface area contributed by atoms with E-state index in [9.17, 15) is 0 Å². The van der Waals surface area contributed by atoms with Crippen LogP contribution in [-0.2, 0) is 0 Å². The van der Waals surface area contributed by atoms with Gasteiger partial charge >= 0.3 is 0 Å². The van der Waals surface area contributed by atoms with E-state index in [2.05, 4.69) is 31.0 Å². The van der Waals surface area contributed by atoms with E-state index in [-0.39, 0.29) is 0 Å². The van der Waals surface area contributed by atoms with Crippen molar-refractivity contribution in [3.8, 4) is 0 Å². The van der Waals surface area contributed by atoms with Crippen LogP contribution in [0.15, 0.2) is 0 Å². The predicted molar refractivity (Wildman–Crippen MR) is 58.0 cm³/mol. The lowest BCUT2D eigenvalue weighted by molar-refractivity contribution is 0.121. The van der Waals surface area contributed by atoms with Gasteiger partial charge in [-0.15, -0.1) is 0 Å². The highest BCUT2D eigenvalue weighted by Crippen LogP contribution is 2.16. The third-order valence-corrected chi connectivity index (χ3v) is 3.30. The fourth-order valence-corrected chi connectivity index (χ4v) is 2.30. The molecule has 1 fully saturated rings. The van der Waals surface area contributed by atoms with Crippen LogP contribution in [0.5, 0.6) is 0 Å². The summed E-state index contributed by atoms with van der Waals surface area (Å²) in [6.45, 7) is 10.5. The molecule has 0 aromatic heterocycles. The first kappa shape index (κ1) is 11.0. The van der Waals surface area contributed by atoms with Gasteiger partial charge in [0.1, 0.15) is 0 Å². The van der Waals surface area contributed by atoms with Gasteiger partial charge in [-0.3, -0.25) is 4.90 Å². The first-order valence-corrected chi connectivity index (χ1v) is 5.76. The van der Waals surface area contributed by atoms with Crippen LogP contribution in [0.4, 0.5) is 0 Å². The Balaban J connectivity index is 2.43. The minimum atomic E-state index is 0.757. The molecule has 1 heterocycles. The zero-order chi connectivity index (χ0) is 9.68. The highest BCUT2D eigenvalue weighted by molar-refractivity contribution is 4.79. The zero-order valence-electron chi connectivity index (χ0n) is 9.34. The number of nitrogens with one attached hydrogen (secondary N) is 1. The second-order valence-corrected chi connectivity index (χ2v) is 4.07. The first-order valence-electron chi connectivity index (χ1n) is 5.76. The molecule has 2 heteroatoms. The Hall–Kier alpha value is -0.0800. The van der Waals surface area contributed by atoms with Crippen LogP contribution in [0.1, 0.15) is 40.0 Å². The van der Waals surface area contributed by atoms with Gasteiger partial charge in [-0.25, -0.2) is 0 Å². The molecule has 1 rings (SSSR count). The summed E-state index contributed by atoms with van der Waals surface area (Å²) in [5.74, 6) is 0. The minimum absolute atomic E-state index is 0.757. The van der Waals surface area contributed by atoms with Crippen molar-refractivity contribution in [3.05, 3.63) is 0 Å². The zero-order valence-corrected chi connectivity index (χ0v) is 9.34. The average Bonchev–Trinajstić information content (AvgIpc) is 2.20. The van der Waals surface area contributed by atoms with E-state index in [1.54, 1.807) is 0 Å². The molecule has 1 saturated heterocycles. The lowest BCUT2D eigenvalue weighted by Gasteiger charge is -2.37. The number of hydrogen-bond donors (Lipinski definition) is 1. The van der Waals surface area contributed by atoms with Gasteiger partial charge in [-0.05, 0) is 45.8 Å². The largest absolute Gasteiger partial charge is 0.317 e. The van der Waals surface area contributed by atoms with Crippen molar-refractivity contribution in [2.45, 2.75) is 52.1 Å². The highest BCUT2D eigenvalue weighted by Gasteiger charge is 2.22. The average molecular weight is 184 g/mol. The SMILES string of the molecule is CCC(C)N(CC)C1CCNCC1. The van der Waals surface area contributed by atoms with Crippen LogP contribution >= 0.6 is 0 Å². The fourth-order valence-electron chi connectivity index (χ4n) is 2.30. The Kier molecular flexibility index (Phi) is 4.74. The van der Waals surface area contributed by atoms with Gasteiger partial charge < -0.3 is 5.32 Å². The smallest absolute Gasteiger partial charge is 0.0122 e. The predicted octanol–water partition coefficient (Wildman–Crippen LogP) is 1.86. The maximum atomic E-state index is 3.42. The fraction of sp³-hybridized carbons (Fsp3) is 1.00. The molecule has 0 bridgehead atoms. The Morgan fingerprint density at radius 1 is 1.31 bits per heavy atom. The van der Waals surface area contributed by atoms with Crippen molar-refractivity contribution in [2.75, 3.05) is 19.6 Å². The van der Waals surface area contributed by atoms with Crippen molar-refractivity contribution < 1.29 is 0 Å². The van der Waals surface area contributed by atoms with E-state index in [0.29, 0.717) is 0 Å². The highest BCUT2D eigenvalue weighted by atomic mass is 15.2. The molecular weight excluding hydrogens is 160 g/mol. The summed E-state index contributed by atoms with van der Waals surface area (Å²) in [6, 6.07) is 1.59. The van der Waals surface area contributed by atoms with Crippen molar-refractivity contribution in [2.24, 2.45) is 0 Å². The summed E-state index contributed by atoms with van der Waals surface area (Å²) in [5, 5.41) is 3.42. The summed E-state index contributed by atoms with van der Waals surface area (Å²) in [4.78, 5) is 2.67. The number of nitrogens with zero attached hydrogens (tertiary/aromatic N) is 1. The second kappa shape index (κ2) is 5.61. The van der Waals surface area contributed by atoms with Crippen molar-refractivity contribution in [1.29, 1.82) is 0 Å². The van der Waals surface area contributed by atoms with Crippen LogP contribution < -0.4 is 5.32 Å². The standard InChI is InChI=1S/C11H24N2/c1-4-10(3)13(5-2)11-6-8-12-9-7-11/h10-12H,4-9H2,1-3H3. The van der Waals surface area contributed by atoms with Gasteiger partial charge in [0.2, 0.25) is 0 Å². The van der Waals surface area contributed by atoms with E-state index >= 15 is 0 Å². The lowest BCUT2D eigenvalue weighted by atomic mass is 10.0. The first-order chi connectivity index (χ1) is 6.29. The Bertz CT molecular complexity index is 130. The summed E-state index contributed by atoms with van der Waals surface area (Å²) in [6.07, 6.45) is 3.94. The molecule has 1 N–H and O–H groups in total. The van der Waals surface area contributed by atoms with E-state index in [0.717, 1.165) is 12.1 Å². The van der Waals surface area contributed by atoms with Gasteiger partial charge in [0.15, 0.2) is 0 Å².